The summed E-state index contributed by atoms with van der Waals surface area (Å²) in [4.78, 5) is 7.64. The maximum atomic E-state index is 5.96. The molecule has 1 aromatic heterocycles. The van der Waals surface area contributed by atoms with Crippen LogP contribution in [0.5, 0.6) is 0 Å². The van der Waals surface area contributed by atoms with Crippen molar-refractivity contribution in [3.05, 3.63) is 22.9 Å². The number of hydrogen-bond donors (Lipinski definition) is 1. The smallest absolute Gasteiger partial charge is 0.139 e. The van der Waals surface area contributed by atoms with Crippen LogP contribution in [-0.2, 0) is 17.6 Å². The van der Waals surface area contributed by atoms with Gasteiger partial charge >= 0.3 is 0 Å². The third-order valence-corrected chi connectivity index (χ3v) is 4.49. The van der Waals surface area contributed by atoms with Crippen molar-refractivity contribution in [2.75, 3.05) is 24.6 Å². The number of nitrogens with two attached hydrogens (primary N) is 1. The Balaban J connectivity index is 2.01. The van der Waals surface area contributed by atoms with Crippen LogP contribution in [0.15, 0.2) is 6.07 Å². The summed E-state index contributed by atoms with van der Waals surface area (Å²) in [6, 6.07) is 2.17. The van der Waals surface area contributed by atoms with Gasteiger partial charge in [-0.1, -0.05) is 12.2 Å². The number of fused-ring (bicyclic) bond motifs is 1. The zero-order valence-electron chi connectivity index (χ0n) is 12.8. The van der Waals surface area contributed by atoms with Crippen LogP contribution in [0.4, 0.5) is 5.82 Å². The van der Waals surface area contributed by atoms with Crippen molar-refractivity contribution in [3.63, 3.8) is 0 Å². The quantitative estimate of drug-likeness (QED) is 0.849. The Kier molecular flexibility index (Phi) is 3.88. The lowest BCUT2D eigenvalue weighted by atomic mass is 9.94. The summed E-state index contributed by atoms with van der Waals surface area (Å²) in [5.74, 6) is 0.944. The minimum absolute atomic E-state index is 0.163. The molecule has 0 radical (unpaired) electrons. The number of anilines is 1. The number of pyridine rings is 1. The number of thiocarbonyl (C=S) groups is 1. The van der Waals surface area contributed by atoms with E-state index in [1.807, 2.05) is 0 Å². The van der Waals surface area contributed by atoms with Gasteiger partial charge in [-0.3, -0.25) is 0 Å². The minimum Gasteiger partial charge on any atom is -0.389 e. The topological polar surface area (TPSA) is 51.4 Å². The largest absolute Gasteiger partial charge is 0.389 e. The molecule has 21 heavy (non-hydrogen) atoms. The maximum absolute atomic E-state index is 5.96. The standard InChI is InChI=1S/C16H23N3OS/c1-16(2)10-19(7-8-20-16)15-12(14(17)21)9-11-5-3-4-6-13(11)18-15/h9H,3-8,10H2,1-2H3,(H2,17,21). The number of aryl methyl sites for hydroxylation is 2. The molecular weight excluding hydrogens is 282 g/mol. The van der Waals surface area contributed by atoms with Crippen molar-refractivity contribution < 1.29 is 4.74 Å². The SMILES string of the molecule is CC1(C)CN(c2nc3c(cc2C(N)=S)CCCC3)CCO1. The highest BCUT2D eigenvalue weighted by Crippen LogP contribution is 2.29. The highest BCUT2D eigenvalue weighted by Gasteiger charge is 2.30. The average molecular weight is 305 g/mol. The molecule has 1 aromatic rings. The molecule has 2 aliphatic rings. The number of aromatic nitrogens is 1. The molecule has 0 spiro atoms. The number of hydrogen-bond acceptors (Lipinski definition) is 4. The Morgan fingerprint density at radius 1 is 1.38 bits per heavy atom. The van der Waals surface area contributed by atoms with Gasteiger partial charge in [0.25, 0.3) is 0 Å². The fourth-order valence-corrected chi connectivity index (χ4v) is 3.39. The lowest BCUT2D eigenvalue weighted by Gasteiger charge is -2.39. The predicted octanol–water partition coefficient (Wildman–Crippen LogP) is 2.21. The van der Waals surface area contributed by atoms with Gasteiger partial charge in [0.15, 0.2) is 0 Å². The second-order valence-corrected chi connectivity index (χ2v) is 7.01. The Hall–Kier alpha value is -1.20. The predicted molar refractivity (Wildman–Crippen MR) is 89.0 cm³/mol. The monoisotopic (exact) mass is 305 g/mol. The van der Waals surface area contributed by atoms with E-state index >= 15 is 0 Å². The van der Waals surface area contributed by atoms with Crippen LogP contribution in [0.3, 0.4) is 0 Å². The zero-order chi connectivity index (χ0) is 15.0. The van der Waals surface area contributed by atoms with Crippen LogP contribution < -0.4 is 10.6 Å². The maximum Gasteiger partial charge on any atom is 0.139 e. The Morgan fingerprint density at radius 3 is 2.86 bits per heavy atom. The van der Waals surface area contributed by atoms with Gasteiger partial charge < -0.3 is 15.4 Å². The lowest BCUT2D eigenvalue weighted by molar-refractivity contribution is -0.0279. The van der Waals surface area contributed by atoms with Crippen molar-refractivity contribution >= 4 is 23.0 Å². The average Bonchev–Trinajstić information content (AvgIpc) is 2.44. The molecule has 0 bridgehead atoms. The van der Waals surface area contributed by atoms with E-state index in [1.54, 1.807) is 0 Å². The van der Waals surface area contributed by atoms with Gasteiger partial charge in [0.05, 0.1) is 17.8 Å². The lowest BCUT2D eigenvalue weighted by Crippen LogP contribution is -2.49. The molecule has 1 aliphatic heterocycles. The molecule has 0 unspecified atom stereocenters. The molecule has 4 nitrogen and oxygen atoms in total. The molecule has 5 heteroatoms. The normalized spacial score (nSPS) is 21.0. The van der Waals surface area contributed by atoms with Gasteiger partial charge in [-0.2, -0.15) is 0 Å². The summed E-state index contributed by atoms with van der Waals surface area (Å²) in [6.45, 7) is 6.58. The highest BCUT2D eigenvalue weighted by molar-refractivity contribution is 7.80. The molecule has 3 rings (SSSR count). The second-order valence-electron chi connectivity index (χ2n) is 6.57. The van der Waals surface area contributed by atoms with Crippen LogP contribution in [0.2, 0.25) is 0 Å². The molecule has 2 N–H and O–H groups in total. The van der Waals surface area contributed by atoms with Crippen LogP contribution >= 0.6 is 12.2 Å². The van der Waals surface area contributed by atoms with Crippen molar-refractivity contribution in [2.45, 2.75) is 45.1 Å². The molecular formula is C16H23N3OS. The van der Waals surface area contributed by atoms with Crippen LogP contribution in [0.25, 0.3) is 0 Å². The van der Waals surface area contributed by atoms with E-state index in [-0.39, 0.29) is 5.60 Å². The second kappa shape index (κ2) is 5.54. The third kappa shape index (κ3) is 3.04. The summed E-state index contributed by atoms with van der Waals surface area (Å²) >= 11 is 5.26. The minimum atomic E-state index is -0.163. The first kappa shape index (κ1) is 14.7. The van der Waals surface area contributed by atoms with Gasteiger partial charge in [0, 0.05) is 18.8 Å². The van der Waals surface area contributed by atoms with Gasteiger partial charge in [-0.05, 0) is 51.2 Å². The van der Waals surface area contributed by atoms with Gasteiger partial charge in [-0.25, -0.2) is 4.98 Å². The first-order valence-corrected chi connectivity index (χ1v) is 8.09. The van der Waals surface area contributed by atoms with Crippen LogP contribution in [0, 0.1) is 0 Å². The molecule has 0 aromatic carbocycles. The van der Waals surface area contributed by atoms with Gasteiger partial charge in [0.2, 0.25) is 0 Å². The van der Waals surface area contributed by atoms with E-state index in [9.17, 15) is 0 Å². The van der Waals surface area contributed by atoms with E-state index < -0.39 is 0 Å². The summed E-state index contributed by atoms with van der Waals surface area (Å²) < 4.78 is 5.80. The molecule has 2 heterocycles. The van der Waals surface area contributed by atoms with Gasteiger partial charge in [-0.15, -0.1) is 0 Å². The fourth-order valence-electron chi connectivity index (χ4n) is 3.24. The van der Waals surface area contributed by atoms with Gasteiger partial charge in [0.1, 0.15) is 10.8 Å². The third-order valence-electron chi connectivity index (χ3n) is 4.27. The Labute approximate surface area is 131 Å². The van der Waals surface area contributed by atoms with E-state index in [2.05, 4.69) is 24.8 Å². The number of ether oxygens (including phenoxy) is 1. The van der Waals surface area contributed by atoms with E-state index in [0.717, 1.165) is 37.3 Å². The van der Waals surface area contributed by atoms with E-state index in [4.69, 9.17) is 27.7 Å². The van der Waals surface area contributed by atoms with Crippen LogP contribution in [-0.4, -0.2) is 35.3 Å². The molecule has 1 fully saturated rings. The van der Waals surface area contributed by atoms with E-state index in [1.165, 1.54) is 24.1 Å². The molecule has 1 aliphatic carbocycles. The summed E-state index contributed by atoms with van der Waals surface area (Å²) in [7, 11) is 0. The number of rotatable bonds is 2. The Bertz CT molecular complexity index is 571. The molecule has 0 amide bonds. The molecule has 1 saturated heterocycles. The van der Waals surface area contributed by atoms with Crippen LogP contribution in [0.1, 0.15) is 43.5 Å². The summed E-state index contributed by atoms with van der Waals surface area (Å²) in [5.41, 5.74) is 9.25. The van der Waals surface area contributed by atoms with Crippen molar-refractivity contribution in [3.8, 4) is 0 Å². The van der Waals surface area contributed by atoms with E-state index in [0.29, 0.717) is 11.6 Å². The molecule has 0 atom stereocenters. The summed E-state index contributed by atoms with van der Waals surface area (Å²) in [5, 5.41) is 0. The van der Waals surface area contributed by atoms with Crippen molar-refractivity contribution in [1.82, 2.24) is 4.98 Å². The van der Waals surface area contributed by atoms with Crippen molar-refractivity contribution in [1.29, 1.82) is 0 Å². The summed E-state index contributed by atoms with van der Waals surface area (Å²) in [6.07, 6.45) is 4.61. The first-order valence-electron chi connectivity index (χ1n) is 7.68. The molecule has 114 valence electrons. The number of morpholine rings is 1. The highest BCUT2D eigenvalue weighted by atomic mass is 32.1. The molecule has 0 saturated carbocycles. The zero-order valence-corrected chi connectivity index (χ0v) is 13.6. The fraction of sp³-hybridized carbons (Fsp3) is 0.625. The first-order chi connectivity index (χ1) is 9.96. The number of nitrogens with zero attached hydrogens (tertiary/aromatic N) is 2. The Morgan fingerprint density at radius 2 is 2.14 bits per heavy atom. The van der Waals surface area contributed by atoms with Crippen molar-refractivity contribution in [2.24, 2.45) is 5.73 Å².